The number of hydrogen-bond donors (Lipinski definition) is 0. The summed E-state index contributed by atoms with van der Waals surface area (Å²) in [6.07, 6.45) is 1.56. The van der Waals surface area contributed by atoms with Crippen LogP contribution >= 0.6 is 0 Å². The number of hydrogen-bond acceptors (Lipinski definition) is 5. The number of benzene rings is 2. The molecule has 30 heavy (non-hydrogen) atoms. The van der Waals surface area contributed by atoms with Gasteiger partial charge in [-0.2, -0.15) is 0 Å². The zero-order valence-electron chi connectivity index (χ0n) is 16.2. The minimum atomic E-state index is -0.326. The van der Waals surface area contributed by atoms with E-state index >= 15 is 0 Å². The molecule has 2 aromatic heterocycles. The topological polar surface area (TPSA) is 68.7 Å². The number of carbonyl (C=O) groups excluding carboxylic acids is 1. The second kappa shape index (κ2) is 8.65. The molecule has 0 saturated heterocycles. The van der Waals surface area contributed by atoms with E-state index in [4.69, 9.17) is 13.7 Å². The summed E-state index contributed by atoms with van der Waals surface area (Å²) in [5, 5.41) is 4.07. The third kappa shape index (κ3) is 4.41. The Bertz CT molecular complexity index is 1100. The van der Waals surface area contributed by atoms with Gasteiger partial charge in [-0.3, -0.25) is 4.79 Å². The maximum atomic E-state index is 13.2. The van der Waals surface area contributed by atoms with Gasteiger partial charge < -0.3 is 18.6 Å². The largest absolute Gasteiger partial charge is 0.497 e. The highest BCUT2D eigenvalue weighted by molar-refractivity contribution is 5.94. The first-order valence-electron chi connectivity index (χ1n) is 9.29. The molecule has 0 aliphatic carbocycles. The van der Waals surface area contributed by atoms with Crippen LogP contribution in [-0.2, 0) is 13.1 Å². The van der Waals surface area contributed by atoms with E-state index in [1.165, 1.54) is 12.1 Å². The molecule has 0 aliphatic rings. The van der Waals surface area contributed by atoms with Gasteiger partial charge in [0.05, 0.1) is 26.5 Å². The molecule has 4 aromatic rings. The number of nitrogens with zero attached hydrogens (tertiary/aromatic N) is 2. The molecule has 152 valence electrons. The maximum Gasteiger partial charge on any atom is 0.254 e. The number of furan rings is 1. The molecule has 1 amide bonds. The molecule has 0 radical (unpaired) electrons. The number of rotatable bonds is 7. The summed E-state index contributed by atoms with van der Waals surface area (Å²) in [5.41, 5.74) is 1.79. The van der Waals surface area contributed by atoms with Crippen molar-refractivity contribution in [3.63, 3.8) is 0 Å². The number of methoxy groups -OCH3 is 1. The Hall–Kier alpha value is -3.87. The average Bonchev–Trinajstić information content (AvgIpc) is 3.46. The predicted molar refractivity (Wildman–Crippen MR) is 107 cm³/mol. The van der Waals surface area contributed by atoms with Gasteiger partial charge in [-0.05, 0) is 60.7 Å². The number of ether oxygens (including phenoxy) is 1. The van der Waals surface area contributed by atoms with E-state index in [0.29, 0.717) is 34.1 Å². The maximum absolute atomic E-state index is 13.2. The molecule has 2 aromatic carbocycles. The molecule has 0 spiro atoms. The van der Waals surface area contributed by atoms with Crippen LogP contribution < -0.4 is 4.74 Å². The van der Waals surface area contributed by atoms with E-state index in [2.05, 4.69) is 5.16 Å². The normalized spacial score (nSPS) is 10.7. The molecule has 0 fully saturated rings. The van der Waals surface area contributed by atoms with Crippen molar-refractivity contribution in [1.82, 2.24) is 10.1 Å². The first-order valence-corrected chi connectivity index (χ1v) is 9.29. The van der Waals surface area contributed by atoms with Crippen LogP contribution in [0, 0.1) is 5.82 Å². The van der Waals surface area contributed by atoms with E-state index < -0.39 is 0 Å². The zero-order chi connectivity index (χ0) is 20.9. The zero-order valence-corrected chi connectivity index (χ0v) is 16.2. The molecule has 0 saturated carbocycles. The van der Waals surface area contributed by atoms with Gasteiger partial charge in [-0.1, -0.05) is 5.16 Å². The average molecular weight is 406 g/mol. The lowest BCUT2D eigenvalue weighted by Crippen LogP contribution is -2.30. The Labute approximate surface area is 172 Å². The van der Waals surface area contributed by atoms with Crippen molar-refractivity contribution >= 4 is 5.91 Å². The smallest absolute Gasteiger partial charge is 0.254 e. The van der Waals surface area contributed by atoms with Crippen molar-refractivity contribution in [2.45, 2.75) is 13.1 Å². The van der Waals surface area contributed by atoms with Crippen LogP contribution in [-0.4, -0.2) is 23.1 Å². The Kier molecular flexibility index (Phi) is 5.61. The Balaban J connectivity index is 1.56. The van der Waals surface area contributed by atoms with Gasteiger partial charge in [-0.25, -0.2) is 4.39 Å². The minimum Gasteiger partial charge on any atom is -0.497 e. The van der Waals surface area contributed by atoms with Crippen LogP contribution in [0.25, 0.3) is 11.3 Å². The molecule has 6 nitrogen and oxygen atoms in total. The molecule has 0 aliphatic heterocycles. The molecular formula is C23H19FN2O4. The second-order valence-electron chi connectivity index (χ2n) is 6.66. The highest BCUT2D eigenvalue weighted by atomic mass is 19.1. The fourth-order valence-corrected chi connectivity index (χ4v) is 3.04. The van der Waals surface area contributed by atoms with E-state index in [0.717, 1.165) is 0 Å². The molecule has 0 unspecified atom stereocenters. The number of halogens is 1. The molecular weight excluding hydrogens is 387 g/mol. The predicted octanol–water partition coefficient (Wildman–Crippen LogP) is 4.92. The second-order valence-corrected chi connectivity index (χ2v) is 6.66. The SMILES string of the molecule is COc1ccc(C(=O)N(Cc2cc(-c3ccc(F)cc3)on2)Cc2ccco2)cc1. The minimum absolute atomic E-state index is 0.180. The van der Waals surface area contributed by atoms with E-state index in [-0.39, 0.29) is 24.8 Å². The van der Waals surface area contributed by atoms with Crippen LogP contribution in [0.2, 0.25) is 0 Å². The first-order chi connectivity index (χ1) is 14.6. The van der Waals surface area contributed by atoms with Gasteiger partial charge in [0, 0.05) is 17.2 Å². The quantitative estimate of drug-likeness (QED) is 0.436. The fourth-order valence-electron chi connectivity index (χ4n) is 3.04. The van der Waals surface area contributed by atoms with E-state index in [9.17, 15) is 9.18 Å². The monoisotopic (exact) mass is 406 g/mol. The Morgan fingerprint density at radius 1 is 1.07 bits per heavy atom. The summed E-state index contributed by atoms with van der Waals surface area (Å²) in [4.78, 5) is 14.8. The Morgan fingerprint density at radius 2 is 1.83 bits per heavy atom. The molecule has 0 bridgehead atoms. The van der Waals surface area contributed by atoms with Gasteiger partial charge in [0.1, 0.15) is 23.0 Å². The van der Waals surface area contributed by atoms with E-state index in [1.807, 2.05) is 0 Å². The molecule has 7 heteroatoms. The van der Waals surface area contributed by atoms with Crippen molar-refractivity contribution < 1.29 is 22.9 Å². The van der Waals surface area contributed by atoms with Crippen LogP contribution in [0.1, 0.15) is 21.8 Å². The lowest BCUT2D eigenvalue weighted by atomic mass is 10.1. The van der Waals surface area contributed by atoms with Crippen LogP contribution in [0.3, 0.4) is 0 Å². The summed E-state index contributed by atoms with van der Waals surface area (Å²) >= 11 is 0. The molecule has 0 N–H and O–H groups in total. The summed E-state index contributed by atoms with van der Waals surface area (Å²) in [7, 11) is 1.57. The van der Waals surface area contributed by atoms with Gasteiger partial charge in [-0.15, -0.1) is 0 Å². The van der Waals surface area contributed by atoms with Crippen molar-refractivity contribution in [2.24, 2.45) is 0 Å². The van der Waals surface area contributed by atoms with Crippen LogP contribution in [0.15, 0.2) is 81.9 Å². The Morgan fingerprint density at radius 3 is 2.50 bits per heavy atom. The first kappa shape index (κ1) is 19.4. The molecule has 2 heterocycles. The summed E-state index contributed by atoms with van der Waals surface area (Å²) < 4.78 is 29.1. The van der Waals surface area contributed by atoms with Gasteiger partial charge in [0.25, 0.3) is 5.91 Å². The van der Waals surface area contributed by atoms with Crippen LogP contribution in [0.4, 0.5) is 4.39 Å². The molecule has 4 rings (SSSR count). The van der Waals surface area contributed by atoms with Crippen molar-refractivity contribution in [3.8, 4) is 17.1 Å². The molecule has 0 atom stereocenters. The highest BCUT2D eigenvalue weighted by Crippen LogP contribution is 2.23. The van der Waals surface area contributed by atoms with Gasteiger partial charge in [0.2, 0.25) is 0 Å². The number of carbonyl (C=O) groups is 1. The number of amides is 1. The lowest BCUT2D eigenvalue weighted by Gasteiger charge is -2.20. The third-order valence-electron chi connectivity index (χ3n) is 4.59. The van der Waals surface area contributed by atoms with Crippen molar-refractivity contribution in [2.75, 3.05) is 7.11 Å². The lowest BCUT2D eigenvalue weighted by molar-refractivity contribution is 0.0713. The van der Waals surface area contributed by atoms with Crippen LogP contribution in [0.5, 0.6) is 5.75 Å². The van der Waals surface area contributed by atoms with Gasteiger partial charge >= 0.3 is 0 Å². The van der Waals surface area contributed by atoms with Crippen molar-refractivity contribution in [1.29, 1.82) is 0 Å². The fraction of sp³-hybridized carbons (Fsp3) is 0.130. The van der Waals surface area contributed by atoms with Gasteiger partial charge in [0.15, 0.2) is 5.76 Å². The third-order valence-corrected chi connectivity index (χ3v) is 4.59. The summed E-state index contributed by atoms with van der Waals surface area (Å²) in [6.45, 7) is 0.493. The van der Waals surface area contributed by atoms with Crippen molar-refractivity contribution in [3.05, 3.63) is 95.8 Å². The highest BCUT2D eigenvalue weighted by Gasteiger charge is 2.20. The standard InChI is InChI=1S/C23H19FN2O4/c1-28-20-10-6-17(7-11-20)23(27)26(15-21-3-2-12-29-21)14-19-13-22(30-25-19)16-4-8-18(24)9-5-16/h2-13H,14-15H2,1H3. The number of aromatic nitrogens is 1. The summed E-state index contributed by atoms with van der Waals surface area (Å²) in [5.74, 6) is 1.32. The summed E-state index contributed by atoms with van der Waals surface area (Å²) in [6, 6.07) is 18.2. The van der Waals surface area contributed by atoms with E-state index in [1.54, 1.807) is 72.9 Å².